The molecule has 1 heterocycles. The molecule has 19 heavy (non-hydrogen) atoms. The van der Waals surface area contributed by atoms with Crippen molar-refractivity contribution in [2.45, 2.75) is 13.5 Å². The van der Waals surface area contributed by atoms with Crippen molar-refractivity contribution in [1.29, 1.82) is 0 Å². The van der Waals surface area contributed by atoms with Gasteiger partial charge < -0.3 is 18.8 Å². The molecule has 0 amide bonds. The van der Waals surface area contributed by atoms with Crippen molar-refractivity contribution in [1.82, 2.24) is 4.90 Å². The van der Waals surface area contributed by atoms with Crippen LogP contribution in [0.4, 0.5) is 0 Å². The molecule has 0 aliphatic rings. The van der Waals surface area contributed by atoms with E-state index in [2.05, 4.69) is 9.47 Å². The zero-order valence-electron chi connectivity index (χ0n) is 11.6. The predicted molar refractivity (Wildman–Crippen MR) is 67.6 cm³/mol. The van der Waals surface area contributed by atoms with Gasteiger partial charge in [0.2, 0.25) is 5.76 Å². The molecule has 1 atom stereocenters. The number of carbonyl (C=O) groups excluding carboxylic acids is 2. The van der Waals surface area contributed by atoms with E-state index in [1.807, 2.05) is 11.9 Å². The van der Waals surface area contributed by atoms with Crippen molar-refractivity contribution in [2.75, 3.05) is 27.8 Å². The Morgan fingerprint density at radius 3 is 2.63 bits per heavy atom. The van der Waals surface area contributed by atoms with Gasteiger partial charge in [0.15, 0.2) is 0 Å². The number of esters is 2. The summed E-state index contributed by atoms with van der Waals surface area (Å²) in [5.74, 6) is -0.801. The summed E-state index contributed by atoms with van der Waals surface area (Å²) < 4.78 is 14.4. The van der Waals surface area contributed by atoms with Crippen molar-refractivity contribution in [2.24, 2.45) is 5.92 Å². The molecule has 0 aliphatic heterocycles. The summed E-state index contributed by atoms with van der Waals surface area (Å²) >= 11 is 0. The molecule has 0 N–H and O–H groups in total. The molecule has 1 aromatic rings. The zero-order valence-corrected chi connectivity index (χ0v) is 11.6. The van der Waals surface area contributed by atoms with E-state index in [4.69, 9.17) is 4.42 Å². The Balaban J connectivity index is 2.62. The fourth-order valence-corrected chi connectivity index (χ4v) is 1.83. The minimum atomic E-state index is -0.505. The Kier molecular flexibility index (Phi) is 5.57. The van der Waals surface area contributed by atoms with Gasteiger partial charge in [0.05, 0.1) is 26.4 Å². The molecule has 6 heteroatoms. The van der Waals surface area contributed by atoms with Crippen LogP contribution < -0.4 is 0 Å². The van der Waals surface area contributed by atoms with Crippen LogP contribution in [0.3, 0.4) is 0 Å². The maximum absolute atomic E-state index is 11.4. The van der Waals surface area contributed by atoms with E-state index in [1.165, 1.54) is 20.5 Å². The summed E-state index contributed by atoms with van der Waals surface area (Å²) in [6.07, 6.45) is 1.44. The Labute approximate surface area is 112 Å². The maximum Gasteiger partial charge on any atom is 0.374 e. The highest BCUT2D eigenvalue weighted by Crippen LogP contribution is 2.14. The number of rotatable bonds is 6. The summed E-state index contributed by atoms with van der Waals surface area (Å²) in [7, 11) is 4.52. The summed E-state index contributed by atoms with van der Waals surface area (Å²) in [6, 6.07) is 1.71. The summed E-state index contributed by atoms with van der Waals surface area (Å²) in [4.78, 5) is 24.7. The third-order valence-electron chi connectivity index (χ3n) is 2.75. The highest BCUT2D eigenvalue weighted by molar-refractivity contribution is 5.87. The maximum atomic E-state index is 11.4. The number of carbonyl (C=O) groups is 2. The van der Waals surface area contributed by atoms with Crippen LogP contribution in [0.25, 0.3) is 0 Å². The first-order valence-corrected chi connectivity index (χ1v) is 5.90. The van der Waals surface area contributed by atoms with Crippen molar-refractivity contribution in [3.63, 3.8) is 0 Å². The molecular weight excluding hydrogens is 250 g/mol. The van der Waals surface area contributed by atoms with Crippen LogP contribution in [0.15, 0.2) is 16.7 Å². The van der Waals surface area contributed by atoms with E-state index in [1.54, 1.807) is 13.0 Å². The molecule has 0 aromatic carbocycles. The minimum Gasteiger partial charge on any atom is -0.469 e. The number of nitrogens with zero attached hydrogens (tertiary/aromatic N) is 1. The third kappa shape index (κ3) is 4.10. The van der Waals surface area contributed by atoms with Gasteiger partial charge in [-0.25, -0.2) is 4.79 Å². The molecule has 0 aliphatic carbocycles. The van der Waals surface area contributed by atoms with Gasteiger partial charge in [-0.05, 0) is 13.1 Å². The first kappa shape index (κ1) is 15.2. The Morgan fingerprint density at radius 2 is 2.05 bits per heavy atom. The zero-order chi connectivity index (χ0) is 14.4. The van der Waals surface area contributed by atoms with Gasteiger partial charge in [-0.15, -0.1) is 0 Å². The van der Waals surface area contributed by atoms with Gasteiger partial charge in [0, 0.05) is 18.7 Å². The van der Waals surface area contributed by atoms with Crippen LogP contribution in [-0.2, 0) is 20.8 Å². The van der Waals surface area contributed by atoms with Crippen molar-refractivity contribution < 1.29 is 23.5 Å². The molecule has 0 fully saturated rings. The smallest absolute Gasteiger partial charge is 0.374 e. The van der Waals surface area contributed by atoms with E-state index in [9.17, 15) is 9.59 Å². The van der Waals surface area contributed by atoms with E-state index >= 15 is 0 Å². The number of hydrogen-bond donors (Lipinski definition) is 0. The molecule has 1 aromatic heterocycles. The quantitative estimate of drug-likeness (QED) is 0.725. The monoisotopic (exact) mass is 269 g/mol. The molecule has 1 rings (SSSR count). The first-order valence-electron chi connectivity index (χ1n) is 5.90. The molecule has 0 saturated carbocycles. The highest BCUT2D eigenvalue weighted by atomic mass is 16.5. The summed E-state index contributed by atoms with van der Waals surface area (Å²) in [5.41, 5.74) is 0.728. The molecule has 0 saturated heterocycles. The first-order chi connectivity index (χ1) is 8.99. The minimum absolute atomic E-state index is 0.195. The molecule has 106 valence electrons. The number of furan rings is 1. The van der Waals surface area contributed by atoms with Gasteiger partial charge in [0.1, 0.15) is 0 Å². The van der Waals surface area contributed by atoms with Crippen LogP contribution in [0, 0.1) is 5.92 Å². The normalized spacial score (nSPS) is 12.3. The van der Waals surface area contributed by atoms with Gasteiger partial charge in [0.25, 0.3) is 0 Å². The van der Waals surface area contributed by atoms with Crippen molar-refractivity contribution >= 4 is 11.9 Å². The van der Waals surface area contributed by atoms with Crippen LogP contribution in [0.1, 0.15) is 23.0 Å². The molecule has 0 spiro atoms. The lowest BCUT2D eigenvalue weighted by molar-refractivity contribution is -0.145. The number of ether oxygens (including phenoxy) is 2. The number of hydrogen-bond acceptors (Lipinski definition) is 6. The van der Waals surface area contributed by atoms with Crippen molar-refractivity contribution in [3.05, 3.63) is 23.7 Å². The topological polar surface area (TPSA) is 69.0 Å². The van der Waals surface area contributed by atoms with E-state index in [0.717, 1.165) is 5.56 Å². The lowest BCUT2D eigenvalue weighted by Crippen LogP contribution is -2.29. The average molecular weight is 269 g/mol. The third-order valence-corrected chi connectivity index (χ3v) is 2.75. The van der Waals surface area contributed by atoms with E-state index < -0.39 is 5.97 Å². The Bertz CT molecular complexity index is 440. The van der Waals surface area contributed by atoms with Gasteiger partial charge in [-0.3, -0.25) is 4.79 Å². The molecular formula is C13H19NO5. The molecule has 6 nitrogen and oxygen atoms in total. The van der Waals surface area contributed by atoms with Gasteiger partial charge in [-0.2, -0.15) is 0 Å². The van der Waals surface area contributed by atoms with Crippen LogP contribution in [0.2, 0.25) is 0 Å². The highest BCUT2D eigenvalue weighted by Gasteiger charge is 2.19. The fourth-order valence-electron chi connectivity index (χ4n) is 1.83. The predicted octanol–water partition coefficient (Wildman–Crippen LogP) is 1.31. The number of methoxy groups -OCH3 is 2. The molecule has 0 bridgehead atoms. The standard InChI is InChI=1S/C13H19NO5/c1-9(12(15)17-3)7-14(2)8-10-5-6-19-11(10)13(16)18-4/h5-6,9H,7-8H2,1-4H3. The van der Waals surface area contributed by atoms with Crippen LogP contribution in [0.5, 0.6) is 0 Å². The van der Waals surface area contributed by atoms with Crippen LogP contribution >= 0.6 is 0 Å². The Hall–Kier alpha value is -1.82. The second kappa shape index (κ2) is 6.94. The van der Waals surface area contributed by atoms with Gasteiger partial charge in [-0.1, -0.05) is 6.92 Å². The van der Waals surface area contributed by atoms with Crippen LogP contribution in [-0.4, -0.2) is 44.7 Å². The second-order valence-corrected chi connectivity index (χ2v) is 4.39. The summed E-state index contributed by atoms with van der Waals surface area (Å²) in [6.45, 7) is 2.81. The molecule has 1 unspecified atom stereocenters. The Morgan fingerprint density at radius 1 is 1.37 bits per heavy atom. The fraction of sp³-hybridized carbons (Fsp3) is 0.538. The molecule has 0 radical (unpaired) electrons. The summed E-state index contributed by atoms with van der Waals surface area (Å²) in [5, 5.41) is 0. The lowest BCUT2D eigenvalue weighted by Gasteiger charge is -2.19. The van der Waals surface area contributed by atoms with E-state index in [0.29, 0.717) is 13.1 Å². The van der Waals surface area contributed by atoms with Gasteiger partial charge >= 0.3 is 11.9 Å². The van der Waals surface area contributed by atoms with E-state index in [-0.39, 0.29) is 17.6 Å². The average Bonchev–Trinajstić information content (AvgIpc) is 2.84. The second-order valence-electron chi connectivity index (χ2n) is 4.39. The largest absolute Gasteiger partial charge is 0.469 e. The SMILES string of the molecule is COC(=O)c1occc1CN(C)CC(C)C(=O)OC. The van der Waals surface area contributed by atoms with Crippen molar-refractivity contribution in [3.8, 4) is 0 Å². The lowest BCUT2D eigenvalue weighted by atomic mass is 10.1.